The van der Waals surface area contributed by atoms with E-state index >= 15 is 0 Å². The number of rotatable bonds is 5. The Morgan fingerprint density at radius 2 is 2.27 bits per heavy atom. The standard InChI is InChI=1S/C15H12ClF2N3O4S/c16-11-4-12(25-9-5-21(15(22)23)24-6-9)20-14(19-11)26-7-8-2-1-3-10(17)13(8)18/h1-4,9H,5-7H2,(H,22,23). The summed E-state index contributed by atoms with van der Waals surface area (Å²) in [6.07, 6.45) is -1.76. The van der Waals surface area contributed by atoms with Gasteiger partial charge in [0.2, 0.25) is 5.88 Å². The fraction of sp³-hybridized carbons (Fsp3) is 0.267. The molecule has 1 aliphatic rings. The van der Waals surface area contributed by atoms with Gasteiger partial charge in [-0.2, -0.15) is 10.0 Å². The van der Waals surface area contributed by atoms with Crippen LogP contribution in [0, 0.1) is 11.6 Å². The van der Waals surface area contributed by atoms with Crippen molar-refractivity contribution in [3.8, 4) is 5.88 Å². The molecule has 1 unspecified atom stereocenters. The maximum Gasteiger partial charge on any atom is 0.431 e. The van der Waals surface area contributed by atoms with Gasteiger partial charge in [0.1, 0.15) is 17.9 Å². The van der Waals surface area contributed by atoms with Crippen LogP contribution < -0.4 is 4.74 Å². The second-order valence-electron chi connectivity index (χ2n) is 5.19. The number of carboxylic acid groups (broad SMARTS) is 1. The molecule has 1 aliphatic heterocycles. The Morgan fingerprint density at radius 1 is 1.46 bits per heavy atom. The van der Waals surface area contributed by atoms with E-state index in [2.05, 4.69) is 9.97 Å². The van der Waals surface area contributed by atoms with Gasteiger partial charge in [-0.05, 0) is 6.07 Å². The molecule has 1 N–H and O–H groups in total. The summed E-state index contributed by atoms with van der Waals surface area (Å²) in [5.41, 5.74) is 0.169. The van der Waals surface area contributed by atoms with Crippen molar-refractivity contribution >= 4 is 29.5 Å². The zero-order valence-electron chi connectivity index (χ0n) is 13.1. The molecule has 0 radical (unpaired) electrons. The molecular weight excluding hydrogens is 392 g/mol. The minimum Gasteiger partial charge on any atom is -0.470 e. The predicted molar refractivity (Wildman–Crippen MR) is 88.1 cm³/mol. The lowest BCUT2D eigenvalue weighted by Crippen LogP contribution is -2.29. The second-order valence-corrected chi connectivity index (χ2v) is 6.52. The fourth-order valence-corrected chi connectivity index (χ4v) is 3.19. The van der Waals surface area contributed by atoms with E-state index in [0.29, 0.717) is 0 Å². The van der Waals surface area contributed by atoms with Crippen molar-refractivity contribution in [3.05, 3.63) is 46.6 Å². The summed E-state index contributed by atoms with van der Waals surface area (Å²) < 4.78 is 32.5. The Labute approximate surface area is 155 Å². The van der Waals surface area contributed by atoms with Crippen LogP contribution in [0.3, 0.4) is 0 Å². The monoisotopic (exact) mass is 403 g/mol. The third-order valence-corrected chi connectivity index (χ3v) is 4.42. The average Bonchev–Trinajstić information content (AvgIpc) is 3.04. The van der Waals surface area contributed by atoms with Crippen LogP contribution in [0.25, 0.3) is 0 Å². The number of hydrogen-bond donors (Lipinski definition) is 1. The molecule has 1 saturated heterocycles. The molecule has 1 amide bonds. The fourth-order valence-electron chi connectivity index (χ4n) is 2.14. The normalized spacial score (nSPS) is 16.7. The van der Waals surface area contributed by atoms with Crippen LogP contribution in [-0.2, 0) is 10.6 Å². The molecule has 0 spiro atoms. The van der Waals surface area contributed by atoms with Crippen molar-refractivity contribution in [2.75, 3.05) is 13.2 Å². The molecule has 26 heavy (non-hydrogen) atoms. The zero-order chi connectivity index (χ0) is 18.7. The van der Waals surface area contributed by atoms with Crippen LogP contribution in [0.2, 0.25) is 5.15 Å². The highest BCUT2D eigenvalue weighted by Gasteiger charge is 2.29. The van der Waals surface area contributed by atoms with Crippen molar-refractivity contribution in [1.29, 1.82) is 0 Å². The lowest BCUT2D eigenvalue weighted by Gasteiger charge is -2.12. The van der Waals surface area contributed by atoms with Crippen molar-refractivity contribution in [2.24, 2.45) is 0 Å². The molecule has 0 saturated carbocycles. The molecule has 1 fully saturated rings. The Hall–Kier alpha value is -2.17. The molecule has 2 heterocycles. The second kappa shape index (κ2) is 8.02. The number of hydroxylamine groups is 2. The number of thioether (sulfide) groups is 1. The van der Waals surface area contributed by atoms with E-state index in [9.17, 15) is 13.6 Å². The summed E-state index contributed by atoms with van der Waals surface area (Å²) in [5.74, 6) is -1.62. The van der Waals surface area contributed by atoms with Gasteiger partial charge >= 0.3 is 6.09 Å². The first kappa shape index (κ1) is 18.6. The summed E-state index contributed by atoms with van der Waals surface area (Å²) in [6, 6.07) is 5.28. The molecular formula is C15H12ClF2N3O4S. The molecule has 3 rings (SSSR count). The maximum atomic E-state index is 13.7. The molecule has 0 bridgehead atoms. The molecule has 1 aromatic heterocycles. The van der Waals surface area contributed by atoms with E-state index in [-0.39, 0.29) is 40.7 Å². The highest BCUT2D eigenvalue weighted by atomic mass is 35.5. The van der Waals surface area contributed by atoms with Crippen molar-refractivity contribution in [1.82, 2.24) is 15.0 Å². The van der Waals surface area contributed by atoms with Gasteiger partial charge in [-0.3, -0.25) is 4.84 Å². The number of nitrogens with zero attached hydrogens (tertiary/aromatic N) is 3. The van der Waals surface area contributed by atoms with Gasteiger partial charge in [0, 0.05) is 17.4 Å². The topological polar surface area (TPSA) is 84.8 Å². The first-order chi connectivity index (χ1) is 12.4. The average molecular weight is 404 g/mol. The van der Waals surface area contributed by atoms with Gasteiger partial charge in [0.15, 0.2) is 16.8 Å². The lowest BCUT2D eigenvalue weighted by atomic mass is 10.2. The summed E-state index contributed by atoms with van der Waals surface area (Å²) in [7, 11) is 0. The van der Waals surface area contributed by atoms with Crippen LogP contribution in [0.1, 0.15) is 5.56 Å². The van der Waals surface area contributed by atoms with Gasteiger partial charge in [-0.1, -0.05) is 35.5 Å². The SMILES string of the molecule is O=C(O)N1CC(Oc2cc(Cl)nc(SCc3cccc(F)c3F)n2)CO1. The smallest absolute Gasteiger partial charge is 0.431 e. The number of aromatic nitrogens is 2. The van der Waals surface area contributed by atoms with E-state index in [4.69, 9.17) is 26.3 Å². The predicted octanol–water partition coefficient (Wildman–Crippen LogP) is 3.37. The number of benzene rings is 1. The minimum absolute atomic E-state index is 0.0218. The van der Waals surface area contributed by atoms with Crippen molar-refractivity contribution in [2.45, 2.75) is 17.0 Å². The van der Waals surface area contributed by atoms with E-state index in [1.54, 1.807) is 0 Å². The number of amides is 1. The summed E-state index contributed by atoms with van der Waals surface area (Å²) >= 11 is 7.00. The van der Waals surface area contributed by atoms with Gasteiger partial charge in [0.25, 0.3) is 0 Å². The number of ether oxygens (including phenoxy) is 1. The summed E-state index contributed by atoms with van der Waals surface area (Å²) in [5, 5.41) is 9.92. The third kappa shape index (κ3) is 4.51. The van der Waals surface area contributed by atoms with Gasteiger partial charge < -0.3 is 9.84 Å². The third-order valence-electron chi connectivity index (χ3n) is 3.33. The molecule has 1 atom stereocenters. The highest BCUT2D eigenvalue weighted by Crippen LogP contribution is 2.26. The molecule has 1 aromatic carbocycles. The van der Waals surface area contributed by atoms with Crippen molar-refractivity contribution < 1.29 is 28.3 Å². The number of carbonyl (C=O) groups is 1. The summed E-state index contributed by atoms with van der Waals surface area (Å²) in [4.78, 5) is 23.9. The van der Waals surface area contributed by atoms with Crippen LogP contribution in [-0.4, -0.2) is 45.5 Å². The van der Waals surface area contributed by atoms with Gasteiger partial charge in [-0.25, -0.2) is 18.6 Å². The quantitative estimate of drug-likeness (QED) is 0.465. The van der Waals surface area contributed by atoms with E-state index < -0.39 is 23.8 Å². The Morgan fingerprint density at radius 3 is 3.00 bits per heavy atom. The largest absolute Gasteiger partial charge is 0.470 e. The first-order valence-corrected chi connectivity index (χ1v) is 8.69. The molecule has 7 nitrogen and oxygen atoms in total. The molecule has 0 aliphatic carbocycles. The Bertz CT molecular complexity index is 829. The Kier molecular flexibility index (Phi) is 5.74. The van der Waals surface area contributed by atoms with E-state index in [1.807, 2.05) is 0 Å². The van der Waals surface area contributed by atoms with Crippen LogP contribution in [0.15, 0.2) is 29.4 Å². The highest BCUT2D eigenvalue weighted by molar-refractivity contribution is 7.98. The minimum atomic E-state index is -1.22. The number of hydrogen-bond acceptors (Lipinski definition) is 6. The number of halogens is 3. The van der Waals surface area contributed by atoms with Crippen LogP contribution in [0.4, 0.5) is 13.6 Å². The molecule has 138 valence electrons. The summed E-state index contributed by atoms with van der Waals surface area (Å²) in [6.45, 7) is 0.0683. The first-order valence-electron chi connectivity index (χ1n) is 7.32. The Balaban J connectivity index is 1.66. The van der Waals surface area contributed by atoms with Crippen molar-refractivity contribution in [3.63, 3.8) is 0 Å². The molecule has 2 aromatic rings. The van der Waals surface area contributed by atoms with Crippen LogP contribution in [0.5, 0.6) is 5.88 Å². The maximum absolute atomic E-state index is 13.7. The van der Waals surface area contributed by atoms with Gasteiger partial charge in [0.05, 0.1) is 6.54 Å². The lowest BCUT2D eigenvalue weighted by molar-refractivity contribution is -0.0839. The molecule has 11 heteroatoms. The van der Waals surface area contributed by atoms with E-state index in [1.165, 1.54) is 18.2 Å². The van der Waals surface area contributed by atoms with Crippen LogP contribution >= 0.6 is 23.4 Å². The zero-order valence-corrected chi connectivity index (χ0v) is 14.6. The van der Waals surface area contributed by atoms with E-state index in [0.717, 1.165) is 22.9 Å². The van der Waals surface area contributed by atoms with Gasteiger partial charge in [-0.15, -0.1) is 0 Å².